The first-order valence-corrected chi connectivity index (χ1v) is 6.57. The number of halogens is 1. The minimum Gasteiger partial charge on any atom is -0.324 e. The molecular weight excluding hydrogens is 268 g/mol. The normalized spacial score (nSPS) is 10.7. The van der Waals surface area contributed by atoms with Crippen LogP contribution in [-0.4, -0.2) is 19.7 Å². The molecule has 0 saturated heterocycles. The van der Waals surface area contributed by atoms with Crippen molar-refractivity contribution in [3.63, 3.8) is 0 Å². The zero-order chi connectivity index (χ0) is 12.4. The van der Waals surface area contributed by atoms with Crippen molar-refractivity contribution in [2.45, 2.75) is 6.54 Å². The summed E-state index contributed by atoms with van der Waals surface area (Å²) in [5, 5.41) is 8.68. The molecule has 0 aliphatic rings. The molecule has 0 atom stereocenters. The van der Waals surface area contributed by atoms with Gasteiger partial charge in [-0.1, -0.05) is 41.7 Å². The van der Waals surface area contributed by atoms with E-state index in [0.29, 0.717) is 11.0 Å². The second-order valence-corrected chi connectivity index (χ2v) is 5.34. The second-order valence-electron chi connectivity index (χ2n) is 3.69. The van der Waals surface area contributed by atoms with Crippen LogP contribution in [-0.2, 0) is 6.54 Å². The van der Waals surface area contributed by atoms with E-state index in [1.54, 1.807) is 6.20 Å². The molecule has 90 valence electrons. The molecule has 2 heterocycles. The highest BCUT2D eigenvalue weighted by Crippen LogP contribution is 2.20. The first-order chi connectivity index (χ1) is 8.83. The highest BCUT2D eigenvalue weighted by Gasteiger charge is 2.08. The summed E-state index contributed by atoms with van der Waals surface area (Å²) in [7, 11) is 0. The van der Waals surface area contributed by atoms with Gasteiger partial charge in [0.15, 0.2) is 0 Å². The van der Waals surface area contributed by atoms with Crippen molar-refractivity contribution in [3.05, 3.63) is 52.2 Å². The number of rotatable bonds is 3. The zero-order valence-corrected chi connectivity index (χ0v) is 10.9. The zero-order valence-electron chi connectivity index (χ0n) is 9.32. The van der Waals surface area contributed by atoms with Gasteiger partial charge in [0, 0.05) is 18.0 Å². The Morgan fingerprint density at radius 3 is 2.72 bits per heavy atom. The fourth-order valence-corrected chi connectivity index (χ4v) is 2.59. The highest BCUT2D eigenvalue weighted by molar-refractivity contribution is 7.15. The Bertz CT molecular complexity index is 647. The van der Waals surface area contributed by atoms with E-state index in [1.165, 1.54) is 11.3 Å². The Balaban J connectivity index is 1.93. The van der Waals surface area contributed by atoms with Crippen LogP contribution in [0.5, 0.6) is 0 Å². The highest BCUT2D eigenvalue weighted by atomic mass is 35.5. The average molecular weight is 277 g/mol. The Hall–Kier alpha value is -1.72. The molecule has 0 N–H and O–H groups in total. The third-order valence-corrected chi connectivity index (χ3v) is 3.50. The monoisotopic (exact) mass is 276 g/mol. The van der Waals surface area contributed by atoms with Crippen LogP contribution < -0.4 is 0 Å². The molecule has 0 saturated carbocycles. The Morgan fingerprint density at radius 2 is 2.00 bits per heavy atom. The van der Waals surface area contributed by atoms with Crippen LogP contribution in [0, 0.1) is 0 Å². The Kier molecular flexibility index (Phi) is 3.08. The lowest BCUT2D eigenvalue weighted by molar-refractivity contribution is 0.785. The van der Waals surface area contributed by atoms with Gasteiger partial charge < -0.3 is 4.57 Å². The minimum atomic E-state index is 0.464. The third-order valence-electron chi connectivity index (χ3n) is 2.50. The quantitative estimate of drug-likeness (QED) is 0.738. The van der Waals surface area contributed by atoms with Gasteiger partial charge in [0.2, 0.25) is 4.47 Å². The lowest BCUT2D eigenvalue weighted by Gasteiger charge is -2.05. The molecule has 18 heavy (non-hydrogen) atoms. The van der Waals surface area contributed by atoms with Crippen LogP contribution in [0.4, 0.5) is 0 Å². The fraction of sp³-hybridized carbons (Fsp3) is 0.0833. The van der Waals surface area contributed by atoms with Crippen LogP contribution in [0.3, 0.4) is 0 Å². The van der Waals surface area contributed by atoms with E-state index in [2.05, 4.69) is 15.2 Å². The maximum atomic E-state index is 5.78. The van der Waals surface area contributed by atoms with Gasteiger partial charge in [0.1, 0.15) is 10.8 Å². The Labute approximate surface area is 113 Å². The molecule has 2 aromatic heterocycles. The largest absolute Gasteiger partial charge is 0.324 e. The summed E-state index contributed by atoms with van der Waals surface area (Å²) in [6.07, 6.45) is 3.71. The second kappa shape index (κ2) is 4.88. The number of imidazole rings is 1. The molecule has 0 radical (unpaired) electrons. The number of hydrogen-bond donors (Lipinski definition) is 0. The lowest BCUT2D eigenvalue weighted by Crippen LogP contribution is -2.00. The molecule has 4 nitrogen and oxygen atoms in total. The van der Waals surface area contributed by atoms with Gasteiger partial charge in [0.25, 0.3) is 0 Å². The van der Waals surface area contributed by atoms with E-state index in [0.717, 1.165) is 16.4 Å². The number of aromatic nitrogens is 4. The molecule has 0 aliphatic heterocycles. The summed E-state index contributed by atoms with van der Waals surface area (Å²) in [5.74, 6) is 0.918. The van der Waals surface area contributed by atoms with E-state index in [-0.39, 0.29) is 0 Å². The molecule has 0 bridgehead atoms. The van der Waals surface area contributed by atoms with E-state index < -0.39 is 0 Å². The summed E-state index contributed by atoms with van der Waals surface area (Å²) in [6.45, 7) is 0.634. The van der Waals surface area contributed by atoms with Crippen molar-refractivity contribution in [2.24, 2.45) is 0 Å². The van der Waals surface area contributed by atoms with Crippen LogP contribution in [0.1, 0.15) is 5.01 Å². The van der Waals surface area contributed by atoms with E-state index in [4.69, 9.17) is 11.6 Å². The van der Waals surface area contributed by atoms with Gasteiger partial charge in [-0.3, -0.25) is 0 Å². The molecule has 1 aromatic carbocycles. The van der Waals surface area contributed by atoms with Gasteiger partial charge >= 0.3 is 0 Å². The summed E-state index contributed by atoms with van der Waals surface area (Å²) in [6, 6.07) is 10.0. The molecular formula is C12H9ClN4S. The van der Waals surface area contributed by atoms with Crippen LogP contribution >= 0.6 is 22.9 Å². The molecule has 0 unspecified atom stereocenters. The van der Waals surface area contributed by atoms with Crippen LogP contribution in [0.15, 0.2) is 42.7 Å². The van der Waals surface area contributed by atoms with E-state index in [9.17, 15) is 0 Å². The smallest absolute Gasteiger partial charge is 0.207 e. The molecule has 3 rings (SSSR count). The van der Waals surface area contributed by atoms with Crippen LogP contribution in [0.25, 0.3) is 11.4 Å². The summed E-state index contributed by atoms with van der Waals surface area (Å²) >= 11 is 7.16. The summed E-state index contributed by atoms with van der Waals surface area (Å²) in [5.41, 5.74) is 1.08. The van der Waals surface area contributed by atoms with Gasteiger partial charge in [-0.25, -0.2) is 4.98 Å². The van der Waals surface area contributed by atoms with Crippen molar-refractivity contribution < 1.29 is 0 Å². The first kappa shape index (κ1) is 11.4. The van der Waals surface area contributed by atoms with E-state index in [1.807, 2.05) is 41.1 Å². The predicted molar refractivity (Wildman–Crippen MR) is 71.7 cm³/mol. The topological polar surface area (TPSA) is 43.6 Å². The number of hydrogen-bond acceptors (Lipinski definition) is 4. The van der Waals surface area contributed by atoms with Crippen molar-refractivity contribution in [1.82, 2.24) is 19.7 Å². The molecule has 0 fully saturated rings. The van der Waals surface area contributed by atoms with Gasteiger partial charge in [-0.05, 0) is 11.6 Å². The SMILES string of the molecule is Clc1nnc(Cn2ccnc2-c2ccccc2)s1. The maximum Gasteiger partial charge on any atom is 0.207 e. The predicted octanol–water partition coefficient (Wildman–Crippen LogP) is 3.10. The van der Waals surface area contributed by atoms with Crippen LogP contribution in [0.2, 0.25) is 4.47 Å². The molecule has 0 aliphatic carbocycles. The van der Waals surface area contributed by atoms with Crippen molar-refractivity contribution >= 4 is 22.9 Å². The fourth-order valence-electron chi connectivity index (χ4n) is 1.73. The molecule has 0 spiro atoms. The number of benzene rings is 1. The third kappa shape index (κ3) is 2.27. The lowest BCUT2D eigenvalue weighted by atomic mass is 10.2. The van der Waals surface area contributed by atoms with Crippen molar-refractivity contribution in [3.8, 4) is 11.4 Å². The Morgan fingerprint density at radius 1 is 1.17 bits per heavy atom. The standard InChI is InChI=1S/C12H9ClN4S/c13-12-16-15-10(18-12)8-17-7-6-14-11(17)9-4-2-1-3-5-9/h1-7H,8H2. The van der Waals surface area contributed by atoms with Crippen molar-refractivity contribution in [1.29, 1.82) is 0 Å². The minimum absolute atomic E-state index is 0.464. The van der Waals surface area contributed by atoms with Gasteiger partial charge in [-0.15, -0.1) is 10.2 Å². The summed E-state index contributed by atoms with van der Waals surface area (Å²) in [4.78, 5) is 4.38. The van der Waals surface area contributed by atoms with Crippen molar-refractivity contribution in [2.75, 3.05) is 0 Å². The molecule has 6 heteroatoms. The first-order valence-electron chi connectivity index (χ1n) is 5.37. The summed E-state index contributed by atoms with van der Waals surface area (Å²) < 4.78 is 2.50. The van der Waals surface area contributed by atoms with E-state index >= 15 is 0 Å². The van der Waals surface area contributed by atoms with Gasteiger partial charge in [0.05, 0.1) is 6.54 Å². The van der Waals surface area contributed by atoms with Gasteiger partial charge in [-0.2, -0.15) is 0 Å². The average Bonchev–Trinajstić information content (AvgIpc) is 3.00. The maximum absolute atomic E-state index is 5.78. The number of nitrogens with zero attached hydrogens (tertiary/aromatic N) is 4. The molecule has 0 amide bonds. The molecule has 3 aromatic rings.